The third kappa shape index (κ3) is 7.73. The topological polar surface area (TPSA) is 97.8 Å². The van der Waals surface area contributed by atoms with Gasteiger partial charge in [0.2, 0.25) is 0 Å². The first kappa shape index (κ1) is 27.0. The van der Waals surface area contributed by atoms with Gasteiger partial charge < -0.3 is 29.2 Å². The van der Waals surface area contributed by atoms with E-state index >= 15 is 0 Å². The van der Waals surface area contributed by atoms with Gasteiger partial charge in [0, 0.05) is 6.08 Å². The van der Waals surface area contributed by atoms with Crippen molar-refractivity contribution in [2.75, 3.05) is 6.61 Å². The number of cyclic esters (lactones) is 1. The second kappa shape index (κ2) is 12.5. The second-order valence-corrected chi connectivity index (χ2v) is 10.6. The standard InChI is InChI=1S/C29H40O7/c1-18-12-13-33-22(15-18)10-11-24(30)27-29-28(36-29)25(31)17-20(3)14-19(2)16-23-8-4-6-21(34-23)7-5-9-26(32)35-27/h4-6,9-12,19,21-25,27-31H,3,7-8,13-17H2,1-2H3/b9-5?,11-10+/t19-,21-,22+,23-,24-,25-,27+,28-,29-/m0/s1. The van der Waals surface area contributed by atoms with Crippen molar-refractivity contribution in [1.29, 1.82) is 0 Å². The Labute approximate surface area is 214 Å². The van der Waals surface area contributed by atoms with Crippen LogP contribution in [0.3, 0.4) is 0 Å². The van der Waals surface area contributed by atoms with Crippen LogP contribution in [0.4, 0.5) is 0 Å². The molecule has 1 saturated heterocycles. The summed E-state index contributed by atoms with van der Waals surface area (Å²) in [4.78, 5) is 12.6. The molecule has 4 aliphatic heterocycles. The third-order valence-corrected chi connectivity index (χ3v) is 7.18. The van der Waals surface area contributed by atoms with E-state index in [0.717, 1.165) is 31.3 Å². The molecular weight excluding hydrogens is 460 g/mol. The molecule has 0 aliphatic carbocycles. The second-order valence-electron chi connectivity index (χ2n) is 10.6. The molecule has 0 aromatic heterocycles. The number of fused-ring (bicyclic) bond motifs is 3. The molecule has 4 rings (SSSR count). The SMILES string of the molecule is C=C1C[C@H](C)C[C@@H]2CC=C[C@@H](CC=CC(=O)O[C@H]([C@@H](O)/C=C/[C@@H]3CC(C)=CCO3)[C@@H]3O[C@H]3[C@@H](O)C1)O2. The minimum atomic E-state index is -1.10. The summed E-state index contributed by atoms with van der Waals surface area (Å²) >= 11 is 0. The monoisotopic (exact) mass is 500 g/mol. The van der Waals surface area contributed by atoms with Crippen molar-refractivity contribution in [2.24, 2.45) is 5.92 Å². The van der Waals surface area contributed by atoms with E-state index in [2.05, 4.69) is 19.6 Å². The Morgan fingerprint density at radius 3 is 2.78 bits per heavy atom. The van der Waals surface area contributed by atoms with Crippen LogP contribution in [0, 0.1) is 5.92 Å². The third-order valence-electron chi connectivity index (χ3n) is 7.18. The van der Waals surface area contributed by atoms with Gasteiger partial charge in [0.05, 0.1) is 31.0 Å². The molecule has 0 aromatic rings. The Hall–Kier alpha value is -2.03. The summed E-state index contributed by atoms with van der Waals surface area (Å²) < 4.78 is 23.3. The number of hydrogen-bond donors (Lipinski definition) is 2. The summed E-state index contributed by atoms with van der Waals surface area (Å²) in [7, 11) is 0. The van der Waals surface area contributed by atoms with E-state index in [1.54, 1.807) is 18.2 Å². The number of epoxide rings is 1. The summed E-state index contributed by atoms with van der Waals surface area (Å²) in [6, 6.07) is 0. The van der Waals surface area contributed by atoms with Crippen LogP contribution in [0.15, 0.2) is 60.3 Å². The average molecular weight is 501 g/mol. The predicted molar refractivity (Wildman–Crippen MR) is 136 cm³/mol. The van der Waals surface area contributed by atoms with Crippen LogP contribution >= 0.6 is 0 Å². The van der Waals surface area contributed by atoms with E-state index in [4.69, 9.17) is 18.9 Å². The number of ether oxygens (including phenoxy) is 4. The molecule has 4 aliphatic rings. The Balaban J connectivity index is 1.47. The summed E-state index contributed by atoms with van der Waals surface area (Å²) in [5, 5.41) is 21.7. The van der Waals surface area contributed by atoms with Crippen molar-refractivity contribution in [2.45, 2.75) is 101 Å². The van der Waals surface area contributed by atoms with Crippen LogP contribution in [-0.4, -0.2) is 71.6 Å². The van der Waals surface area contributed by atoms with Gasteiger partial charge in [-0.1, -0.05) is 61.1 Å². The van der Waals surface area contributed by atoms with Crippen molar-refractivity contribution >= 4 is 5.97 Å². The Morgan fingerprint density at radius 2 is 1.97 bits per heavy atom. The maximum atomic E-state index is 12.6. The largest absolute Gasteiger partial charge is 0.453 e. The molecule has 9 atom stereocenters. The molecule has 1 fully saturated rings. The van der Waals surface area contributed by atoms with E-state index in [9.17, 15) is 15.0 Å². The van der Waals surface area contributed by atoms with Crippen LogP contribution in [0.1, 0.15) is 52.4 Å². The molecule has 0 amide bonds. The number of aliphatic hydroxyl groups excluding tert-OH is 2. The van der Waals surface area contributed by atoms with Crippen LogP contribution in [0.25, 0.3) is 0 Å². The molecule has 0 radical (unpaired) electrons. The first-order valence-electron chi connectivity index (χ1n) is 13.1. The Morgan fingerprint density at radius 1 is 1.14 bits per heavy atom. The number of aliphatic hydroxyl groups is 2. The fourth-order valence-corrected chi connectivity index (χ4v) is 5.29. The van der Waals surface area contributed by atoms with Gasteiger partial charge in [-0.15, -0.1) is 0 Å². The number of esters is 1. The molecule has 2 N–H and O–H groups in total. The van der Waals surface area contributed by atoms with Gasteiger partial charge in [0.1, 0.15) is 18.3 Å². The number of rotatable bonds is 3. The number of carbonyl (C=O) groups is 1. The van der Waals surface area contributed by atoms with Gasteiger partial charge in [-0.3, -0.25) is 0 Å². The van der Waals surface area contributed by atoms with E-state index in [1.165, 1.54) is 11.6 Å². The van der Waals surface area contributed by atoms with Crippen molar-refractivity contribution in [1.82, 2.24) is 0 Å². The quantitative estimate of drug-likeness (QED) is 0.346. The van der Waals surface area contributed by atoms with E-state index < -0.39 is 36.5 Å². The highest BCUT2D eigenvalue weighted by molar-refractivity contribution is 5.82. The lowest BCUT2D eigenvalue weighted by atomic mass is 9.91. The van der Waals surface area contributed by atoms with Gasteiger partial charge in [-0.2, -0.15) is 0 Å². The summed E-state index contributed by atoms with van der Waals surface area (Å²) in [5.41, 5.74) is 2.18. The Bertz CT molecular complexity index is 903. The molecule has 0 unspecified atom stereocenters. The van der Waals surface area contributed by atoms with Gasteiger partial charge in [0.15, 0.2) is 6.10 Å². The predicted octanol–water partition coefficient (Wildman–Crippen LogP) is 3.72. The molecule has 7 heteroatoms. The summed E-state index contributed by atoms with van der Waals surface area (Å²) in [6.45, 7) is 8.93. The lowest BCUT2D eigenvalue weighted by Crippen LogP contribution is -2.37. The van der Waals surface area contributed by atoms with Crippen LogP contribution in [0.5, 0.6) is 0 Å². The maximum absolute atomic E-state index is 12.6. The van der Waals surface area contributed by atoms with Crippen molar-refractivity contribution < 1.29 is 34.0 Å². The molecule has 4 heterocycles. The average Bonchev–Trinajstić information content (AvgIpc) is 3.61. The molecule has 198 valence electrons. The molecule has 2 bridgehead atoms. The summed E-state index contributed by atoms with van der Waals surface area (Å²) in [5.74, 6) is -0.198. The van der Waals surface area contributed by atoms with Crippen LogP contribution in [-0.2, 0) is 23.7 Å². The van der Waals surface area contributed by atoms with E-state index in [1.807, 2.05) is 19.1 Å². The molecule has 7 nitrogen and oxygen atoms in total. The van der Waals surface area contributed by atoms with Crippen LogP contribution in [0.2, 0.25) is 0 Å². The van der Waals surface area contributed by atoms with Gasteiger partial charge >= 0.3 is 5.97 Å². The van der Waals surface area contributed by atoms with Crippen molar-refractivity contribution in [3.63, 3.8) is 0 Å². The zero-order chi connectivity index (χ0) is 25.7. The molecule has 36 heavy (non-hydrogen) atoms. The van der Waals surface area contributed by atoms with Crippen molar-refractivity contribution in [3.05, 3.63) is 60.3 Å². The van der Waals surface area contributed by atoms with Crippen LogP contribution < -0.4 is 0 Å². The molecule has 0 spiro atoms. The zero-order valence-corrected chi connectivity index (χ0v) is 21.3. The lowest BCUT2D eigenvalue weighted by Gasteiger charge is -2.28. The smallest absolute Gasteiger partial charge is 0.330 e. The Kier molecular flexibility index (Phi) is 9.36. The lowest BCUT2D eigenvalue weighted by molar-refractivity contribution is -0.148. The van der Waals surface area contributed by atoms with Gasteiger partial charge in [-0.25, -0.2) is 4.79 Å². The highest BCUT2D eigenvalue weighted by atomic mass is 16.6. The number of hydrogen-bond acceptors (Lipinski definition) is 7. The highest BCUT2D eigenvalue weighted by Gasteiger charge is 2.52. The van der Waals surface area contributed by atoms with E-state index in [0.29, 0.717) is 25.4 Å². The highest BCUT2D eigenvalue weighted by Crippen LogP contribution is 2.35. The fourth-order valence-electron chi connectivity index (χ4n) is 5.29. The number of carbonyl (C=O) groups excluding carboxylic acids is 1. The maximum Gasteiger partial charge on any atom is 0.330 e. The van der Waals surface area contributed by atoms with Gasteiger partial charge in [0.25, 0.3) is 0 Å². The van der Waals surface area contributed by atoms with Gasteiger partial charge in [-0.05, 0) is 51.4 Å². The molecule has 0 aromatic carbocycles. The first-order chi connectivity index (χ1) is 17.3. The minimum absolute atomic E-state index is 0.0887. The van der Waals surface area contributed by atoms with Crippen molar-refractivity contribution in [3.8, 4) is 0 Å². The first-order valence-corrected chi connectivity index (χ1v) is 13.1. The minimum Gasteiger partial charge on any atom is -0.453 e. The van der Waals surface area contributed by atoms with E-state index in [-0.39, 0.29) is 18.3 Å². The molecule has 0 saturated carbocycles. The summed E-state index contributed by atoms with van der Waals surface area (Å²) in [6.07, 6.45) is 12.9. The molecular formula is C29H40O7. The normalized spacial score (nSPS) is 39.2. The fraction of sp³-hybridized carbons (Fsp3) is 0.621. The zero-order valence-electron chi connectivity index (χ0n) is 21.3.